The number of ether oxygens (including phenoxy) is 1. The van der Waals surface area contributed by atoms with Gasteiger partial charge < -0.3 is 10.5 Å². The van der Waals surface area contributed by atoms with Crippen LogP contribution in [0.5, 0.6) is 0 Å². The number of hydrogen-bond donors (Lipinski definition) is 1. The highest BCUT2D eigenvalue weighted by Crippen LogP contribution is 2.39. The van der Waals surface area contributed by atoms with E-state index in [2.05, 4.69) is 0 Å². The van der Waals surface area contributed by atoms with Gasteiger partial charge in [-0.2, -0.15) is 0 Å². The summed E-state index contributed by atoms with van der Waals surface area (Å²) >= 11 is 0. The van der Waals surface area contributed by atoms with Crippen LogP contribution >= 0.6 is 0 Å². The fourth-order valence-corrected chi connectivity index (χ4v) is 4.97. The first kappa shape index (κ1) is 15.8. The maximum absolute atomic E-state index is 13.2. The van der Waals surface area contributed by atoms with Crippen LogP contribution in [0.25, 0.3) is 0 Å². The second kappa shape index (κ2) is 5.50. The number of anilines is 1. The number of hydrogen-bond acceptors (Lipinski definition) is 4. The lowest BCUT2D eigenvalue weighted by molar-refractivity contribution is -0.115. The number of nitrogens with zero attached hydrogens (tertiary/aromatic N) is 1. The Kier molecular flexibility index (Phi) is 3.77. The summed E-state index contributed by atoms with van der Waals surface area (Å²) in [4.78, 5) is 9.84. The molecule has 0 radical (unpaired) electrons. The van der Waals surface area contributed by atoms with E-state index < -0.39 is 20.9 Å². The van der Waals surface area contributed by atoms with Gasteiger partial charge in [0.05, 0.1) is 5.69 Å². The molecule has 1 atom stereocenters. The molecule has 23 heavy (non-hydrogen) atoms. The van der Waals surface area contributed by atoms with Crippen LogP contribution in [0.2, 0.25) is 0 Å². The fraction of sp³-hybridized carbons (Fsp3) is 0.312. The van der Waals surface area contributed by atoms with Crippen LogP contribution in [-0.2, 0) is 26.0 Å². The van der Waals surface area contributed by atoms with Crippen molar-refractivity contribution >= 4 is 21.6 Å². The third-order valence-electron chi connectivity index (χ3n) is 4.32. The van der Waals surface area contributed by atoms with Gasteiger partial charge in [-0.05, 0) is 24.1 Å². The summed E-state index contributed by atoms with van der Waals surface area (Å²) in [6.07, 6.45) is 5.04. The highest BCUT2D eigenvalue weighted by Gasteiger charge is 2.49. The van der Waals surface area contributed by atoms with E-state index in [0.29, 0.717) is 18.7 Å². The Morgan fingerprint density at radius 2 is 2.09 bits per heavy atom. The van der Waals surface area contributed by atoms with Crippen molar-refractivity contribution < 1.29 is 17.9 Å². The van der Waals surface area contributed by atoms with Crippen LogP contribution in [0.1, 0.15) is 12.0 Å². The fourth-order valence-electron chi connectivity index (χ4n) is 3.03. The third-order valence-corrected chi connectivity index (χ3v) is 6.60. The van der Waals surface area contributed by atoms with Crippen molar-refractivity contribution in [1.29, 1.82) is 0 Å². The molecular weight excluding hydrogens is 316 g/mol. The van der Waals surface area contributed by atoms with Gasteiger partial charge in [-0.15, -0.1) is 0 Å². The van der Waals surface area contributed by atoms with Gasteiger partial charge in [-0.1, -0.05) is 30.4 Å². The molecule has 1 heterocycles. The minimum Gasteiger partial charge on any atom is -0.366 e. The van der Waals surface area contributed by atoms with Crippen LogP contribution in [0.15, 0.2) is 48.1 Å². The van der Waals surface area contributed by atoms with Gasteiger partial charge in [-0.3, -0.25) is 9.10 Å². The quantitative estimate of drug-likeness (QED) is 0.892. The largest absolute Gasteiger partial charge is 0.366 e. The van der Waals surface area contributed by atoms with E-state index in [9.17, 15) is 13.2 Å². The number of primary amides is 1. The molecule has 0 aromatic heterocycles. The molecule has 1 aliphatic heterocycles. The predicted octanol–water partition coefficient (Wildman–Crippen LogP) is 1.09. The molecule has 6 nitrogen and oxygen atoms in total. The van der Waals surface area contributed by atoms with Crippen molar-refractivity contribution in [2.24, 2.45) is 5.73 Å². The highest BCUT2D eigenvalue weighted by atomic mass is 32.2. The smallest absolute Gasteiger partial charge is 0.269 e. The lowest BCUT2D eigenvalue weighted by Gasteiger charge is -2.35. The highest BCUT2D eigenvalue weighted by molar-refractivity contribution is 7.94. The molecule has 3 rings (SSSR count). The van der Waals surface area contributed by atoms with E-state index in [1.165, 1.54) is 29.6 Å². The Bertz CT molecular complexity index is 813. The van der Waals surface area contributed by atoms with Crippen LogP contribution < -0.4 is 10.0 Å². The molecule has 1 aromatic carbocycles. The maximum atomic E-state index is 13.2. The van der Waals surface area contributed by atoms with Crippen molar-refractivity contribution in [3.05, 3.63) is 53.6 Å². The van der Waals surface area contributed by atoms with Crippen LogP contribution in [0.4, 0.5) is 5.69 Å². The third kappa shape index (κ3) is 2.36. The van der Waals surface area contributed by atoms with Gasteiger partial charge in [0.25, 0.3) is 10.0 Å². The summed E-state index contributed by atoms with van der Waals surface area (Å²) in [5, 5.41) is 0. The number of benzene rings is 1. The Morgan fingerprint density at radius 1 is 1.35 bits per heavy atom. The predicted molar refractivity (Wildman–Crippen MR) is 87.2 cm³/mol. The zero-order valence-corrected chi connectivity index (χ0v) is 13.5. The van der Waals surface area contributed by atoms with Gasteiger partial charge in [0, 0.05) is 25.6 Å². The molecule has 0 bridgehead atoms. The topological polar surface area (TPSA) is 89.7 Å². The van der Waals surface area contributed by atoms with Gasteiger partial charge in [0.1, 0.15) is 0 Å². The van der Waals surface area contributed by atoms with Gasteiger partial charge in [-0.25, -0.2) is 8.42 Å². The number of amides is 1. The molecule has 0 fully saturated rings. The average molecular weight is 334 g/mol. The first-order valence-electron chi connectivity index (χ1n) is 7.25. The molecule has 1 amide bonds. The number of sulfonamides is 1. The lowest BCUT2D eigenvalue weighted by atomic mass is 10.0. The van der Waals surface area contributed by atoms with E-state index in [1.54, 1.807) is 12.1 Å². The van der Waals surface area contributed by atoms with Crippen molar-refractivity contribution in [2.75, 3.05) is 18.0 Å². The molecule has 1 unspecified atom stereocenters. The number of methoxy groups -OCH3 is 1. The minimum absolute atomic E-state index is 0.101. The Morgan fingerprint density at radius 3 is 2.78 bits per heavy atom. The molecule has 0 spiro atoms. The van der Waals surface area contributed by atoms with Crippen LogP contribution in [0, 0.1) is 0 Å². The van der Waals surface area contributed by atoms with E-state index in [4.69, 9.17) is 10.5 Å². The zero-order chi connectivity index (χ0) is 16.7. The molecule has 0 saturated heterocycles. The second-order valence-corrected chi connectivity index (χ2v) is 7.65. The van der Waals surface area contributed by atoms with E-state index >= 15 is 0 Å². The van der Waals surface area contributed by atoms with E-state index in [1.807, 2.05) is 12.1 Å². The molecular formula is C16H18N2O4S. The van der Waals surface area contributed by atoms with Gasteiger partial charge in [0.15, 0.2) is 0 Å². The van der Waals surface area contributed by atoms with Gasteiger partial charge in [0.2, 0.25) is 10.8 Å². The molecule has 2 N–H and O–H groups in total. The Balaban J connectivity index is 2.04. The monoisotopic (exact) mass is 334 g/mol. The molecule has 2 aliphatic rings. The zero-order valence-electron chi connectivity index (χ0n) is 12.7. The molecule has 0 saturated carbocycles. The van der Waals surface area contributed by atoms with Crippen molar-refractivity contribution in [1.82, 2.24) is 0 Å². The van der Waals surface area contributed by atoms with Gasteiger partial charge >= 0.3 is 0 Å². The number of carbonyl (C=O) groups excluding carboxylic acids is 1. The van der Waals surface area contributed by atoms with Crippen molar-refractivity contribution in [2.45, 2.75) is 17.8 Å². The van der Waals surface area contributed by atoms with Crippen molar-refractivity contribution in [3.8, 4) is 0 Å². The summed E-state index contributed by atoms with van der Waals surface area (Å²) in [7, 11) is -2.55. The first-order valence-corrected chi connectivity index (χ1v) is 8.69. The summed E-state index contributed by atoms with van der Waals surface area (Å²) in [5.74, 6) is -0.646. The van der Waals surface area contributed by atoms with Crippen molar-refractivity contribution in [3.63, 3.8) is 0 Å². The molecule has 1 aliphatic carbocycles. The van der Waals surface area contributed by atoms with Crippen LogP contribution in [-0.4, -0.2) is 32.9 Å². The number of allylic oxidation sites excluding steroid dienone is 2. The number of rotatable bonds is 4. The first-order chi connectivity index (χ1) is 10.9. The number of fused-ring (bicyclic) bond motifs is 1. The minimum atomic E-state index is -3.88. The summed E-state index contributed by atoms with van der Waals surface area (Å²) in [6, 6.07) is 7.38. The SMILES string of the molecule is COC1(S(=O)(=O)N2CCc3ccccc32)C=CC=C(C(N)=O)C1. The number of para-hydroxylation sites is 1. The lowest BCUT2D eigenvalue weighted by Crippen LogP contribution is -2.49. The maximum Gasteiger partial charge on any atom is 0.269 e. The normalized spacial score (nSPS) is 23.5. The molecule has 7 heteroatoms. The Hall–Kier alpha value is -2.12. The summed E-state index contributed by atoms with van der Waals surface area (Å²) < 4.78 is 33.2. The van der Waals surface area contributed by atoms with Crippen LogP contribution in [0.3, 0.4) is 0 Å². The number of carbonyl (C=O) groups is 1. The summed E-state index contributed by atoms with van der Waals surface area (Å²) in [5.41, 5.74) is 7.18. The standard InChI is InChI=1S/C16H18N2O4S/c1-22-16(9-4-6-13(11-16)15(17)19)23(20,21)18-10-8-12-5-2-3-7-14(12)18/h2-7,9H,8,10-11H2,1H3,(H2,17,19). The molecule has 1 aromatic rings. The van der Waals surface area contributed by atoms with E-state index in [-0.39, 0.29) is 12.0 Å². The second-order valence-electron chi connectivity index (χ2n) is 5.56. The van der Waals surface area contributed by atoms with E-state index in [0.717, 1.165) is 5.56 Å². The number of nitrogens with two attached hydrogens (primary N) is 1. The summed E-state index contributed by atoms with van der Waals surface area (Å²) in [6.45, 7) is 0.357. The molecule has 122 valence electrons. The average Bonchev–Trinajstić information content (AvgIpc) is 2.99. The Labute approximate surface area is 135 Å².